The van der Waals surface area contributed by atoms with Crippen molar-refractivity contribution >= 4 is 17.9 Å². The molecule has 2 unspecified atom stereocenters. The number of hydrogen-bond donors (Lipinski definition) is 3. The fraction of sp³-hybridized carbons (Fsp3) is 0.640. The van der Waals surface area contributed by atoms with Gasteiger partial charge < -0.3 is 25.4 Å². The highest BCUT2D eigenvalue weighted by Crippen LogP contribution is 2.31. The number of carbonyl (C=O) groups is 3. The van der Waals surface area contributed by atoms with E-state index in [0.717, 1.165) is 5.56 Å². The number of aryl methyl sites for hydroxylation is 1. The Kier molecular flexibility index (Phi) is 9.08. The van der Waals surface area contributed by atoms with Gasteiger partial charge in [-0.25, -0.2) is 4.79 Å². The zero-order chi connectivity index (χ0) is 25.8. The maximum absolute atomic E-state index is 13.7. The minimum atomic E-state index is -1.28. The molecule has 0 aliphatic rings. The van der Waals surface area contributed by atoms with Crippen LogP contribution in [0.5, 0.6) is 0 Å². The quantitative estimate of drug-likeness (QED) is 0.599. The second-order valence-electron chi connectivity index (χ2n) is 11.3. The standard InChI is InChI=1S/C25H41N3O5/c1-16-12-11-13-17(14-16)19(20(30)27-23(2,3)4)28(24(5,6)7)21(31)18(15-29)26-22(32)33-25(8,9)10/h11-14,18-19,29H,15H2,1-10H3,(H,26,32)(H,27,30). The van der Waals surface area contributed by atoms with Gasteiger partial charge in [0.1, 0.15) is 17.7 Å². The van der Waals surface area contributed by atoms with Crippen molar-refractivity contribution in [2.75, 3.05) is 6.61 Å². The van der Waals surface area contributed by atoms with Crippen molar-refractivity contribution in [3.05, 3.63) is 35.4 Å². The van der Waals surface area contributed by atoms with Crippen molar-refractivity contribution in [3.8, 4) is 0 Å². The van der Waals surface area contributed by atoms with E-state index in [1.54, 1.807) is 47.6 Å². The maximum Gasteiger partial charge on any atom is 0.408 e. The number of carbonyl (C=O) groups excluding carboxylic acids is 3. The third-order valence-corrected chi connectivity index (χ3v) is 4.49. The summed E-state index contributed by atoms with van der Waals surface area (Å²) in [5.74, 6) is -0.947. The Bertz CT molecular complexity index is 847. The number of nitrogens with zero attached hydrogens (tertiary/aromatic N) is 1. The van der Waals surface area contributed by atoms with E-state index in [4.69, 9.17) is 4.74 Å². The first-order chi connectivity index (χ1) is 14.9. The summed E-state index contributed by atoms with van der Waals surface area (Å²) in [4.78, 5) is 40.9. The lowest BCUT2D eigenvalue weighted by atomic mass is 9.94. The van der Waals surface area contributed by atoms with Crippen LogP contribution in [0.4, 0.5) is 4.79 Å². The SMILES string of the molecule is Cc1cccc(C(C(=O)NC(C)(C)C)N(C(=O)C(CO)NC(=O)OC(C)(C)C)C(C)(C)C)c1. The second-order valence-corrected chi connectivity index (χ2v) is 11.3. The first-order valence-electron chi connectivity index (χ1n) is 11.2. The molecule has 1 rings (SSSR count). The molecule has 0 spiro atoms. The van der Waals surface area contributed by atoms with E-state index in [1.165, 1.54) is 4.90 Å². The van der Waals surface area contributed by atoms with Gasteiger partial charge in [0.25, 0.3) is 0 Å². The van der Waals surface area contributed by atoms with E-state index in [2.05, 4.69) is 10.6 Å². The van der Waals surface area contributed by atoms with Crippen molar-refractivity contribution in [2.45, 2.75) is 98.0 Å². The van der Waals surface area contributed by atoms with Gasteiger partial charge in [-0.1, -0.05) is 29.8 Å². The van der Waals surface area contributed by atoms with Crippen molar-refractivity contribution in [2.24, 2.45) is 0 Å². The van der Waals surface area contributed by atoms with Crippen LogP contribution in [0.3, 0.4) is 0 Å². The number of rotatable bonds is 6. The molecular formula is C25H41N3O5. The molecule has 1 aromatic carbocycles. The van der Waals surface area contributed by atoms with Crippen molar-refractivity contribution in [1.29, 1.82) is 0 Å². The summed E-state index contributed by atoms with van der Waals surface area (Å²) >= 11 is 0. The first kappa shape index (κ1) is 28.4. The largest absolute Gasteiger partial charge is 0.444 e. The average Bonchev–Trinajstić information content (AvgIpc) is 2.59. The Hall–Kier alpha value is -2.61. The fourth-order valence-corrected chi connectivity index (χ4v) is 3.34. The van der Waals surface area contributed by atoms with Crippen molar-refractivity contribution < 1.29 is 24.2 Å². The van der Waals surface area contributed by atoms with Gasteiger partial charge in [-0.3, -0.25) is 9.59 Å². The Morgan fingerprint density at radius 1 is 1.03 bits per heavy atom. The number of aliphatic hydroxyl groups excluding tert-OH is 1. The van der Waals surface area contributed by atoms with Gasteiger partial charge in [0.2, 0.25) is 11.8 Å². The van der Waals surface area contributed by atoms with Crippen LogP contribution in [-0.2, 0) is 14.3 Å². The Morgan fingerprint density at radius 2 is 1.61 bits per heavy atom. The van der Waals surface area contributed by atoms with Gasteiger partial charge in [0.15, 0.2) is 0 Å². The molecule has 0 radical (unpaired) electrons. The molecular weight excluding hydrogens is 422 g/mol. The highest BCUT2D eigenvalue weighted by Gasteiger charge is 2.42. The number of nitrogens with one attached hydrogen (secondary N) is 2. The molecule has 0 heterocycles. The minimum absolute atomic E-state index is 0.356. The first-order valence-corrected chi connectivity index (χ1v) is 11.2. The number of amides is 3. The van der Waals surface area contributed by atoms with Gasteiger partial charge in [-0.15, -0.1) is 0 Å². The summed E-state index contributed by atoms with van der Waals surface area (Å²) in [5.41, 5.74) is -0.546. The van der Waals surface area contributed by atoms with Crippen molar-refractivity contribution in [1.82, 2.24) is 15.5 Å². The van der Waals surface area contributed by atoms with E-state index >= 15 is 0 Å². The van der Waals surface area contributed by atoms with Crippen molar-refractivity contribution in [3.63, 3.8) is 0 Å². The predicted octanol–water partition coefficient (Wildman–Crippen LogP) is 3.46. The summed E-state index contributed by atoms with van der Waals surface area (Å²) in [5, 5.41) is 15.4. The second kappa shape index (κ2) is 10.5. The lowest BCUT2D eigenvalue weighted by Crippen LogP contribution is -2.60. The lowest BCUT2D eigenvalue weighted by molar-refractivity contribution is -0.149. The zero-order valence-electron chi connectivity index (χ0n) is 21.7. The van der Waals surface area contributed by atoms with Crippen LogP contribution in [0.15, 0.2) is 24.3 Å². The monoisotopic (exact) mass is 463 g/mol. The maximum atomic E-state index is 13.7. The van der Waals surface area contributed by atoms with Crippen LogP contribution >= 0.6 is 0 Å². The van der Waals surface area contributed by atoms with E-state index in [1.807, 2.05) is 45.9 Å². The van der Waals surface area contributed by atoms with Crippen LogP contribution in [0.2, 0.25) is 0 Å². The molecule has 186 valence electrons. The zero-order valence-corrected chi connectivity index (χ0v) is 21.7. The molecule has 0 aromatic heterocycles. The third-order valence-electron chi connectivity index (χ3n) is 4.49. The molecule has 3 N–H and O–H groups in total. The fourth-order valence-electron chi connectivity index (χ4n) is 3.34. The lowest BCUT2D eigenvalue weighted by Gasteiger charge is -2.43. The molecule has 8 heteroatoms. The molecule has 0 saturated heterocycles. The minimum Gasteiger partial charge on any atom is -0.444 e. The Balaban J connectivity index is 3.50. The molecule has 8 nitrogen and oxygen atoms in total. The number of aliphatic hydroxyl groups is 1. The van der Waals surface area contributed by atoms with Gasteiger partial charge in [0, 0.05) is 11.1 Å². The smallest absolute Gasteiger partial charge is 0.408 e. The topological polar surface area (TPSA) is 108 Å². The molecule has 0 aliphatic heterocycles. The Morgan fingerprint density at radius 3 is 2.03 bits per heavy atom. The van der Waals surface area contributed by atoms with E-state index in [-0.39, 0.29) is 5.91 Å². The highest BCUT2D eigenvalue weighted by atomic mass is 16.6. The average molecular weight is 464 g/mol. The number of benzene rings is 1. The molecule has 0 aliphatic carbocycles. The van der Waals surface area contributed by atoms with Gasteiger partial charge in [-0.2, -0.15) is 0 Å². The molecule has 0 saturated carbocycles. The van der Waals surface area contributed by atoms with E-state index in [0.29, 0.717) is 5.56 Å². The summed E-state index contributed by atoms with van der Waals surface area (Å²) in [7, 11) is 0. The molecule has 0 fully saturated rings. The van der Waals surface area contributed by atoms with Crippen LogP contribution in [0.25, 0.3) is 0 Å². The van der Waals surface area contributed by atoms with Gasteiger partial charge in [-0.05, 0) is 74.8 Å². The van der Waals surface area contributed by atoms with E-state index in [9.17, 15) is 19.5 Å². The Labute approximate surface area is 198 Å². The van der Waals surface area contributed by atoms with Crippen LogP contribution in [0.1, 0.15) is 79.5 Å². The van der Waals surface area contributed by atoms with Crippen LogP contribution < -0.4 is 10.6 Å². The summed E-state index contributed by atoms with van der Waals surface area (Å²) in [6, 6.07) is 5.12. The van der Waals surface area contributed by atoms with Gasteiger partial charge >= 0.3 is 6.09 Å². The molecule has 3 amide bonds. The number of alkyl carbamates (subject to hydrolysis) is 1. The van der Waals surface area contributed by atoms with Gasteiger partial charge in [0.05, 0.1) is 6.61 Å². The highest BCUT2D eigenvalue weighted by molar-refractivity contribution is 5.93. The normalized spacial score (nSPS) is 14.2. The molecule has 0 bridgehead atoms. The predicted molar refractivity (Wildman–Crippen MR) is 129 cm³/mol. The third kappa shape index (κ3) is 9.04. The number of ether oxygens (including phenoxy) is 1. The number of hydrogen-bond acceptors (Lipinski definition) is 5. The molecule has 33 heavy (non-hydrogen) atoms. The van der Waals surface area contributed by atoms with Crippen LogP contribution in [0, 0.1) is 6.92 Å². The van der Waals surface area contributed by atoms with E-state index < -0.39 is 47.4 Å². The molecule has 2 atom stereocenters. The van der Waals surface area contributed by atoms with Crippen LogP contribution in [-0.4, -0.2) is 57.2 Å². The summed E-state index contributed by atoms with van der Waals surface area (Å²) in [6.45, 7) is 17.4. The molecule has 1 aromatic rings. The summed E-state index contributed by atoms with van der Waals surface area (Å²) < 4.78 is 5.25. The summed E-state index contributed by atoms with van der Waals surface area (Å²) in [6.07, 6.45) is -0.824.